The number of methoxy groups -OCH3 is 1. The fourth-order valence-corrected chi connectivity index (χ4v) is 11.0. The van der Waals surface area contributed by atoms with Crippen molar-refractivity contribution in [2.45, 2.75) is 94.9 Å². The lowest BCUT2D eigenvalue weighted by Gasteiger charge is -2.39. The molecular weight excluding hydrogens is 704 g/mol. The summed E-state index contributed by atoms with van der Waals surface area (Å²) in [5.74, 6) is 0.247. The largest absolute Gasteiger partial charge is 0.453 e. The molecule has 0 aromatic heterocycles. The molecule has 3 heterocycles. The Morgan fingerprint density at radius 2 is 1.67 bits per heavy atom. The van der Waals surface area contributed by atoms with Gasteiger partial charge in [-0.3, -0.25) is 4.79 Å². The number of Topliss-reactive ketones (excluding diaryl/α,β-unsaturated/α-hetero) is 1. The van der Waals surface area contributed by atoms with Crippen LogP contribution >= 0.6 is 11.6 Å². The van der Waals surface area contributed by atoms with E-state index in [4.69, 9.17) is 21.1 Å². The Kier molecular flexibility index (Phi) is 13.2. The molecule has 3 saturated heterocycles. The van der Waals surface area contributed by atoms with Crippen molar-refractivity contribution >= 4 is 39.6 Å². The van der Waals surface area contributed by atoms with Gasteiger partial charge in [0.1, 0.15) is 6.61 Å². The van der Waals surface area contributed by atoms with Gasteiger partial charge in [-0.15, -0.1) is 0 Å². The number of ether oxygens (including phenoxy) is 2. The van der Waals surface area contributed by atoms with E-state index in [1.807, 2.05) is 42.5 Å². The van der Waals surface area contributed by atoms with Gasteiger partial charge in [0.2, 0.25) is 10.0 Å². The number of hydrogen-bond acceptors (Lipinski definition) is 8. The maximum Gasteiger partial charge on any atom is 0.410 e. The van der Waals surface area contributed by atoms with Crippen LogP contribution in [-0.4, -0.2) is 92.8 Å². The molecular formula is C39H53ClN4O7S. The van der Waals surface area contributed by atoms with Crippen molar-refractivity contribution in [3.05, 3.63) is 70.7 Å². The van der Waals surface area contributed by atoms with Gasteiger partial charge in [0, 0.05) is 55.6 Å². The highest BCUT2D eigenvalue weighted by molar-refractivity contribution is 7.89. The van der Waals surface area contributed by atoms with Crippen LogP contribution < -0.4 is 10.6 Å². The summed E-state index contributed by atoms with van der Waals surface area (Å²) in [4.78, 5) is 42.0. The third-order valence-electron chi connectivity index (χ3n) is 11.8. The Hall–Kier alpha value is -3.19. The molecule has 2 bridgehead atoms. The highest BCUT2D eigenvalue weighted by Gasteiger charge is 2.42. The van der Waals surface area contributed by atoms with E-state index in [1.165, 1.54) is 7.11 Å². The molecule has 4 aliphatic rings. The molecule has 1 aliphatic carbocycles. The number of hydrogen-bond donors (Lipinski definition) is 2. The zero-order chi connectivity index (χ0) is 36.7. The van der Waals surface area contributed by atoms with Crippen molar-refractivity contribution in [1.82, 2.24) is 19.8 Å². The first-order valence-corrected chi connectivity index (χ1v) is 20.9. The minimum atomic E-state index is -3.27. The van der Waals surface area contributed by atoms with Crippen molar-refractivity contribution in [2.75, 3.05) is 39.0 Å². The Balaban J connectivity index is 1.14. The second kappa shape index (κ2) is 17.8. The molecule has 4 fully saturated rings. The molecule has 52 heavy (non-hydrogen) atoms. The van der Waals surface area contributed by atoms with E-state index in [-0.39, 0.29) is 54.1 Å². The number of sulfonamides is 1. The van der Waals surface area contributed by atoms with E-state index >= 15 is 0 Å². The van der Waals surface area contributed by atoms with Crippen molar-refractivity contribution in [1.29, 1.82) is 0 Å². The predicted molar refractivity (Wildman–Crippen MR) is 199 cm³/mol. The number of ketones is 1. The van der Waals surface area contributed by atoms with Gasteiger partial charge in [0.15, 0.2) is 5.78 Å². The van der Waals surface area contributed by atoms with Gasteiger partial charge in [-0.25, -0.2) is 18.0 Å². The molecule has 2 aromatic carbocycles. The molecule has 284 valence electrons. The van der Waals surface area contributed by atoms with Gasteiger partial charge in [-0.2, -0.15) is 4.31 Å². The normalized spacial score (nSPS) is 27.2. The highest BCUT2D eigenvalue weighted by atomic mass is 35.5. The second-order valence-corrected chi connectivity index (χ2v) is 17.5. The van der Waals surface area contributed by atoms with Crippen molar-refractivity contribution in [3.63, 3.8) is 0 Å². The topological polar surface area (TPSA) is 134 Å². The van der Waals surface area contributed by atoms with Gasteiger partial charge in [0.05, 0.1) is 18.9 Å². The molecule has 7 atom stereocenters. The Morgan fingerprint density at radius 1 is 0.942 bits per heavy atom. The predicted octanol–water partition coefficient (Wildman–Crippen LogP) is 6.12. The summed E-state index contributed by atoms with van der Waals surface area (Å²) in [6.45, 7) is 2.34. The molecule has 11 nitrogen and oxygen atoms in total. The molecule has 13 heteroatoms. The second-order valence-electron chi connectivity index (χ2n) is 15.0. The summed E-state index contributed by atoms with van der Waals surface area (Å²) in [6.07, 6.45) is 6.68. The number of piperazine rings is 1. The van der Waals surface area contributed by atoms with Gasteiger partial charge >= 0.3 is 12.2 Å². The summed E-state index contributed by atoms with van der Waals surface area (Å²) < 4.78 is 38.5. The van der Waals surface area contributed by atoms with Crippen LogP contribution in [0.1, 0.15) is 81.3 Å². The minimum absolute atomic E-state index is 0.0111. The van der Waals surface area contributed by atoms with E-state index < -0.39 is 22.2 Å². The van der Waals surface area contributed by atoms with Crippen LogP contribution in [0, 0.1) is 17.8 Å². The summed E-state index contributed by atoms with van der Waals surface area (Å²) in [7, 11) is -1.97. The first-order valence-electron chi connectivity index (χ1n) is 18.9. The third kappa shape index (κ3) is 9.67. The van der Waals surface area contributed by atoms with Crippen LogP contribution in [-0.2, 0) is 30.9 Å². The number of fused-ring (bicyclic) bond motifs is 2. The first-order chi connectivity index (χ1) is 25.1. The summed E-state index contributed by atoms with van der Waals surface area (Å²) in [6, 6.07) is 16.3. The number of halogens is 1. The van der Waals surface area contributed by atoms with Crippen molar-refractivity contribution < 1.29 is 32.3 Å². The smallest absolute Gasteiger partial charge is 0.410 e. The van der Waals surface area contributed by atoms with Gasteiger partial charge in [-0.05, 0) is 86.0 Å². The van der Waals surface area contributed by atoms with Crippen LogP contribution in [0.25, 0.3) is 0 Å². The molecule has 0 spiro atoms. The molecule has 2 amide bonds. The number of nitrogens with one attached hydrogen (secondary N) is 2. The number of rotatable bonds is 12. The number of carbonyl (C=O) groups is 3. The van der Waals surface area contributed by atoms with E-state index in [1.54, 1.807) is 21.3 Å². The van der Waals surface area contributed by atoms with Crippen molar-refractivity contribution in [2.24, 2.45) is 17.8 Å². The van der Waals surface area contributed by atoms with Gasteiger partial charge in [-0.1, -0.05) is 66.9 Å². The van der Waals surface area contributed by atoms with E-state index in [0.717, 1.165) is 49.7 Å². The molecule has 6 rings (SSSR count). The highest BCUT2D eigenvalue weighted by Crippen LogP contribution is 2.41. The zero-order valence-electron chi connectivity index (χ0n) is 30.1. The van der Waals surface area contributed by atoms with E-state index in [2.05, 4.69) is 10.6 Å². The van der Waals surface area contributed by atoms with E-state index in [9.17, 15) is 22.8 Å². The lowest BCUT2D eigenvalue weighted by Crippen LogP contribution is -2.57. The minimum Gasteiger partial charge on any atom is -0.453 e. The summed E-state index contributed by atoms with van der Waals surface area (Å²) in [5.41, 5.74) is 1.82. The van der Waals surface area contributed by atoms with Crippen molar-refractivity contribution in [3.8, 4) is 0 Å². The summed E-state index contributed by atoms with van der Waals surface area (Å²) in [5, 5.41) is 7.08. The van der Waals surface area contributed by atoms with Gasteiger partial charge in [0.25, 0.3) is 0 Å². The molecule has 1 unspecified atom stereocenters. The van der Waals surface area contributed by atoms with E-state index in [0.29, 0.717) is 62.8 Å². The lowest BCUT2D eigenvalue weighted by molar-refractivity contribution is -0.123. The maximum absolute atomic E-state index is 14.5. The average Bonchev–Trinajstić information content (AvgIpc) is 3.55. The number of nitrogens with zero attached hydrogens (tertiary/aromatic N) is 2. The number of amides is 2. The number of alkyl carbamates (subject to hydrolysis) is 1. The number of likely N-dealkylation sites (tertiary alicyclic amines) is 1. The Labute approximate surface area is 313 Å². The lowest BCUT2D eigenvalue weighted by atomic mass is 9.73. The average molecular weight is 757 g/mol. The number of carbonyl (C=O) groups excluding carboxylic acids is 3. The Bertz CT molecular complexity index is 1620. The fourth-order valence-electron chi connectivity index (χ4n) is 9.03. The van der Waals surface area contributed by atoms with Crippen LogP contribution in [0.15, 0.2) is 54.6 Å². The van der Waals surface area contributed by atoms with Gasteiger partial charge < -0.3 is 25.0 Å². The maximum atomic E-state index is 14.5. The fraction of sp³-hybridized carbons (Fsp3) is 0.615. The zero-order valence-corrected chi connectivity index (χ0v) is 31.7. The number of benzene rings is 2. The molecule has 1 saturated carbocycles. The quantitative estimate of drug-likeness (QED) is 0.265. The SMILES string of the molecule is COC(=O)N[C@@H](C(=O)C[C@H]1CCC[C@@H]1CC[C@H]1CN[C@@H]2CCCS(=O)(=O)N1C2)[C@@H](c1ccc(Cl)cc1)C1CCN(C(=O)OCc2ccccc2)CC1. The van der Waals surface area contributed by atoms with Crippen LogP contribution in [0.4, 0.5) is 9.59 Å². The molecule has 2 N–H and O–H groups in total. The molecule has 2 aromatic rings. The third-order valence-corrected chi connectivity index (χ3v) is 14.1. The van der Waals surface area contributed by atoms with Crippen LogP contribution in [0.5, 0.6) is 0 Å². The van der Waals surface area contributed by atoms with Crippen LogP contribution in [0.2, 0.25) is 5.02 Å². The monoisotopic (exact) mass is 756 g/mol. The molecule has 3 aliphatic heterocycles. The standard InChI is InChI=1S/C39H53ClN4O7S/c1-50-38(46)42-37(35(45)23-31-10-5-9-28(31)14-17-34-24-41-33-11-6-22-52(48,49)44(34)25-33)36(29-12-15-32(40)16-13-29)30-18-20-43(21-19-30)39(47)51-26-27-7-3-2-4-8-27/h2-4,7-8,12-13,15-16,28,30-31,33-34,36-37,41H,5-6,9-11,14,17-26H2,1H3,(H,42,46)/t28-,31-,33-,34+,36+,37+/m1/s1. The Morgan fingerprint density at radius 3 is 2.40 bits per heavy atom. The summed E-state index contributed by atoms with van der Waals surface area (Å²) >= 11 is 6.29. The molecule has 0 radical (unpaired) electrons. The first kappa shape index (κ1) is 38.5. The van der Waals surface area contributed by atoms with Crippen LogP contribution in [0.3, 0.4) is 0 Å². The number of piperidine rings is 1.